The topological polar surface area (TPSA) is 50.5 Å². The van der Waals surface area contributed by atoms with E-state index in [1.807, 2.05) is 16.7 Å². The number of nitrogens with zero attached hydrogens (tertiary/aromatic N) is 4. The summed E-state index contributed by atoms with van der Waals surface area (Å²) >= 11 is 0. The molecule has 5 nitrogen and oxygen atoms in total. The first-order chi connectivity index (χ1) is 9.69. The van der Waals surface area contributed by atoms with Crippen LogP contribution in [0.4, 0.5) is 0 Å². The van der Waals surface area contributed by atoms with Gasteiger partial charge in [-0.2, -0.15) is 0 Å². The van der Waals surface area contributed by atoms with Crippen LogP contribution in [0.2, 0.25) is 0 Å². The Labute approximate surface area is 118 Å². The van der Waals surface area contributed by atoms with Crippen LogP contribution in [0, 0.1) is 0 Å². The zero-order valence-electron chi connectivity index (χ0n) is 12.0. The molecule has 106 valence electrons. The molecule has 0 aliphatic carbocycles. The summed E-state index contributed by atoms with van der Waals surface area (Å²) < 4.78 is 1.97. The Morgan fingerprint density at radius 1 is 1.35 bits per heavy atom. The van der Waals surface area contributed by atoms with E-state index in [0.717, 1.165) is 37.3 Å². The molecule has 0 amide bonds. The molecule has 0 bridgehead atoms. The van der Waals surface area contributed by atoms with Gasteiger partial charge in [0.15, 0.2) is 11.9 Å². The summed E-state index contributed by atoms with van der Waals surface area (Å²) in [5, 5.41) is 8.58. The van der Waals surface area contributed by atoms with Crippen LogP contribution >= 0.6 is 0 Å². The smallest absolute Gasteiger partial charge is 0.160 e. The van der Waals surface area contributed by atoms with Gasteiger partial charge in [-0.05, 0) is 45.4 Å². The van der Waals surface area contributed by atoms with Crippen LogP contribution in [0.3, 0.4) is 0 Å². The first-order valence-corrected chi connectivity index (χ1v) is 7.23. The minimum absolute atomic E-state index is 0.392. The number of likely N-dealkylation sites (tertiary alicyclic amines) is 1. The molecule has 2 aromatic rings. The summed E-state index contributed by atoms with van der Waals surface area (Å²) in [6, 6.07) is 4.19. The van der Waals surface area contributed by atoms with Crippen LogP contribution < -0.4 is 0 Å². The van der Waals surface area contributed by atoms with Crippen LogP contribution in [-0.2, 0) is 0 Å². The number of piperidine rings is 1. The van der Waals surface area contributed by atoms with Gasteiger partial charge >= 0.3 is 0 Å². The lowest BCUT2D eigenvalue weighted by molar-refractivity contribution is 0.112. The van der Waals surface area contributed by atoms with E-state index in [0.29, 0.717) is 17.5 Å². The molecule has 20 heavy (non-hydrogen) atoms. The lowest BCUT2D eigenvalue weighted by Gasteiger charge is -2.34. The number of fused-ring (bicyclic) bond motifs is 1. The van der Waals surface area contributed by atoms with E-state index in [1.54, 1.807) is 6.07 Å². The molecule has 1 unspecified atom stereocenters. The number of rotatable bonds is 3. The van der Waals surface area contributed by atoms with Gasteiger partial charge in [-0.3, -0.25) is 9.20 Å². The van der Waals surface area contributed by atoms with Crippen molar-refractivity contribution < 1.29 is 4.79 Å². The monoisotopic (exact) mass is 272 g/mol. The van der Waals surface area contributed by atoms with Gasteiger partial charge in [0.25, 0.3) is 0 Å². The molecular weight excluding hydrogens is 252 g/mol. The predicted octanol–water partition coefficient (Wildman–Crippen LogP) is 2.13. The lowest BCUT2D eigenvalue weighted by Crippen LogP contribution is -2.39. The van der Waals surface area contributed by atoms with Crippen LogP contribution in [-0.4, -0.2) is 44.9 Å². The summed E-state index contributed by atoms with van der Waals surface area (Å²) in [6.07, 6.45) is 5.02. The largest absolute Gasteiger partial charge is 0.300 e. The Bertz CT molecular complexity index is 619. The number of carbonyl (C=O) groups excluding carboxylic acids is 1. The minimum Gasteiger partial charge on any atom is -0.300 e. The lowest BCUT2D eigenvalue weighted by atomic mass is 9.96. The molecule has 0 aromatic carbocycles. The second kappa shape index (κ2) is 5.32. The van der Waals surface area contributed by atoms with Gasteiger partial charge in [-0.1, -0.05) is 0 Å². The maximum Gasteiger partial charge on any atom is 0.160 e. The second-order valence-corrected chi connectivity index (χ2v) is 5.79. The van der Waals surface area contributed by atoms with Crippen molar-refractivity contribution in [1.29, 1.82) is 0 Å². The summed E-state index contributed by atoms with van der Waals surface area (Å²) in [6.45, 7) is 6.64. The Balaban J connectivity index is 1.95. The minimum atomic E-state index is 0.392. The molecule has 5 heteroatoms. The van der Waals surface area contributed by atoms with E-state index in [9.17, 15) is 4.79 Å². The Morgan fingerprint density at radius 3 is 2.95 bits per heavy atom. The van der Waals surface area contributed by atoms with E-state index in [4.69, 9.17) is 0 Å². The first-order valence-electron chi connectivity index (χ1n) is 7.23. The van der Waals surface area contributed by atoms with Gasteiger partial charge in [-0.15, -0.1) is 10.2 Å². The molecule has 1 atom stereocenters. The normalized spacial score (nSPS) is 20.6. The van der Waals surface area contributed by atoms with E-state index < -0.39 is 0 Å². The number of aldehydes is 1. The fourth-order valence-corrected chi connectivity index (χ4v) is 2.96. The number of hydrogen-bond donors (Lipinski definition) is 0. The fraction of sp³-hybridized carbons (Fsp3) is 0.533. The Kier molecular flexibility index (Phi) is 3.53. The summed E-state index contributed by atoms with van der Waals surface area (Å²) in [5.41, 5.74) is 1.47. The molecule has 0 N–H and O–H groups in total. The molecule has 3 rings (SSSR count). The fourth-order valence-electron chi connectivity index (χ4n) is 2.96. The van der Waals surface area contributed by atoms with E-state index in [2.05, 4.69) is 28.9 Å². The van der Waals surface area contributed by atoms with Crippen molar-refractivity contribution in [3.63, 3.8) is 0 Å². The number of aromatic nitrogens is 3. The maximum absolute atomic E-state index is 10.9. The molecule has 0 saturated carbocycles. The van der Waals surface area contributed by atoms with Gasteiger partial charge in [0, 0.05) is 30.3 Å². The van der Waals surface area contributed by atoms with Gasteiger partial charge in [0.1, 0.15) is 5.82 Å². The van der Waals surface area contributed by atoms with Gasteiger partial charge in [-0.25, -0.2) is 0 Å². The predicted molar refractivity (Wildman–Crippen MR) is 77.1 cm³/mol. The average molecular weight is 272 g/mol. The molecule has 1 aliphatic heterocycles. The van der Waals surface area contributed by atoms with Crippen LogP contribution in [0.5, 0.6) is 0 Å². The first kappa shape index (κ1) is 13.2. The average Bonchev–Trinajstić information content (AvgIpc) is 2.90. The third-order valence-electron chi connectivity index (χ3n) is 4.14. The van der Waals surface area contributed by atoms with Crippen LogP contribution in [0.25, 0.3) is 5.65 Å². The highest BCUT2D eigenvalue weighted by Gasteiger charge is 2.26. The molecular formula is C15H20N4O. The van der Waals surface area contributed by atoms with Crippen molar-refractivity contribution in [3.05, 3.63) is 29.7 Å². The van der Waals surface area contributed by atoms with Gasteiger partial charge in [0.2, 0.25) is 0 Å². The highest BCUT2D eigenvalue weighted by Crippen LogP contribution is 2.27. The van der Waals surface area contributed by atoms with Crippen molar-refractivity contribution in [1.82, 2.24) is 19.5 Å². The van der Waals surface area contributed by atoms with Crippen LogP contribution in [0.1, 0.15) is 48.8 Å². The highest BCUT2D eigenvalue weighted by atomic mass is 16.1. The van der Waals surface area contributed by atoms with Crippen molar-refractivity contribution >= 4 is 11.9 Å². The van der Waals surface area contributed by atoms with E-state index in [-0.39, 0.29) is 0 Å². The molecule has 1 saturated heterocycles. The van der Waals surface area contributed by atoms with Crippen molar-refractivity contribution in [3.8, 4) is 0 Å². The molecule has 2 aromatic heterocycles. The molecule has 3 heterocycles. The van der Waals surface area contributed by atoms with Crippen molar-refractivity contribution in [2.24, 2.45) is 0 Å². The SMILES string of the molecule is CC(C)N1CCCC(c2nnc3ccc(C=O)cn23)C1. The Hall–Kier alpha value is -1.75. The molecule has 1 aliphatic rings. The maximum atomic E-state index is 10.9. The molecule has 0 spiro atoms. The third-order valence-corrected chi connectivity index (χ3v) is 4.14. The Morgan fingerprint density at radius 2 is 2.20 bits per heavy atom. The van der Waals surface area contributed by atoms with Gasteiger partial charge in [0.05, 0.1) is 0 Å². The zero-order valence-corrected chi connectivity index (χ0v) is 12.0. The summed E-state index contributed by atoms with van der Waals surface area (Å²) in [7, 11) is 0. The van der Waals surface area contributed by atoms with Crippen molar-refractivity contribution in [2.75, 3.05) is 13.1 Å². The second-order valence-electron chi connectivity index (χ2n) is 5.79. The number of carbonyl (C=O) groups is 1. The summed E-state index contributed by atoms with van der Waals surface area (Å²) in [4.78, 5) is 13.4. The number of hydrogen-bond acceptors (Lipinski definition) is 4. The standard InChI is InChI=1S/C15H20N4O/c1-11(2)18-7-3-4-13(9-18)15-17-16-14-6-5-12(10-20)8-19(14)15/h5-6,8,10-11,13H,3-4,7,9H2,1-2H3. The molecule has 1 fully saturated rings. The quantitative estimate of drug-likeness (QED) is 0.803. The number of pyridine rings is 1. The van der Waals surface area contributed by atoms with Crippen molar-refractivity contribution in [2.45, 2.75) is 38.6 Å². The highest BCUT2D eigenvalue weighted by molar-refractivity contribution is 5.74. The molecule has 0 radical (unpaired) electrons. The zero-order chi connectivity index (χ0) is 14.1. The van der Waals surface area contributed by atoms with E-state index in [1.165, 1.54) is 6.42 Å². The third kappa shape index (κ3) is 2.33. The van der Waals surface area contributed by atoms with E-state index >= 15 is 0 Å². The van der Waals surface area contributed by atoms with Gasteiger partial charge < -0.3 is 4.90 Å². The summed E-state index contributed by atoms with van der Waals surface area (Å²) in [5.74, 6) is 1.37. The van der Waals surface area contributed by atoms with Crippen LogP contribution in [0.15, 0.2) is 18.3 Å².